The van der Waals surface area contributed by atoms with Crippen LogP contribution in [0.15, 0.2) is 91.0 Å². The molecule has 0 aliphatic carbocycles. The zero-order valence-electron chi connectivity index (χ0n) is 14.9. The largest absolute Gasteiger partial charge is 0.328 e. The molecular weight excluding hydrogens is 337 g/mol. The van der Waals surface area contributed by atoms with E-state index in [1.807, 2.05) is 83.8 Å². The fourth-order valence-electron chi connectivity index (χ4n) is 2.73. The molecule has 0 unspecified atom stereocenters. The van der Waals surface area contributed by atoms with Crippen molar-refractivity contribution in [3.63, 3.8) is 0 Å². The van der Waals surface area contributed by atoms with Crippen molar-refractivity contribution in [2.75, 3.05) is 6.54 Å². The Morgan fingerprint density at radius 3 is 1.69 bits per heavy atom. The summed E-state index contributed by atoms with van der Waals surface area (Å²) in [7, 11) is -3.00. The molecule has 0 amide bonds. The van der Waals surface area contributed by atoms with Crippen molar-refractivity contribution in [2.24, 2.45) is 0 Å². The summed E-state index contributed by atoms with van der Waals surface area (Å²) in [5.41, 5.74) is 4.32. The highest BCUT2D eigenvalue weighted by molar-refractivity contribution is 7.83. The van der Waals surface area contributed by atoms with Gasteiger partial charge in [0.05, 0.1) is 6.54 Å². The lowest BCUT2D eigenvalue weighted by atomic mass is 10.2. The van der Waals surface area contributed by atoms with Crippen LogP contribution in [0.2, 0.25) is 0 Å². The third-order valence-corrected chi connectivity index (χ3v) is 6.67. The first-order chi connectivity index (χ1) is 12.7. The lowest BCUT2D eigenvalue weighted by Crippen LogP contribution is -2.18. The fraction of sp³-hybridized carbons (Fsp3) is 0.130. The molecule has 3 aromatic carbocycles. The fourth-order valence-corrected chi connectivity index (χ4v) is 4.75. The van der Waals surface area contributed by atoms with Gasteiger partial charge in [0.15, 0.2) is 0 Å². The van der Waals surface area contributed by atoms with Gasteiger partial charge in [-0.15, -0.1) is 0 Å². The first-order valence-electron chi connectivity index (χ1n) is 8.75. The molecule has 0 fully saturated rings. The Morgan fingerprint density at radius 2 is 1.23 bits per heavy atom. The minimum atomic E-state index is -3.00. The molecule has 3 heteroatoms. The van der Waals surface area contributed by atoms with Gasteiger partial charge in [0.1, 0.15) is 0 Å². The molecule has 26 heavy (non-hydrogen) atoms. The van der Waals surface area contributed by atoms with Gasteiger partial charge in [-0.25, -0.2) is 0 Å². The molecule has 0 aliphatic heterocycles. The summed E-state index contributed by atoms with van der Waals surface area (Å²) in [6.07, 6.45) is 0. The second-order valence-electron chi connectivity index (χ2n) is 6.00. The van der Waals surface area contributed by atoms with Gasteiger partial charge >= 0.3 is 0 Å². The van der Waals surface area contributed by atoms with Crippen LogP contribution in [0.25, 0.3) is 0 Å². The maximum absolute atomic E-state index is 13.9. The highest BCUT2D eigenvalue weighted by Gasteiger charge is 2.24. The van der Waals surface area contributed by atoms with E-state index in [-0.39, 0.29) is 0 Å². The van der Waals surface area contributed by atoms with Crippen LogP contribution in [-0.4, -0.2) is 11.4 Å². The second-order valence-corrected chi connectivity index (χ2v) is 8.48. The predicted molar refractivity (Wildman–Crippen MR) is 110 cm³/mol. The van der Waals surface area contributed by atoms with E-state index in [9.17, 15) is 4.57 Å². The van der Waals surface area contributed by atoms with Crippen LogP contribution in [0.3, 0.4) is 0 Å². The van der Waals surface area contributed by atoms with Crippen molar-refractivity contribution in [3.05, 3.63) is 96.6 Å². The Morgan fingerprint density at radius 1 is 0.769 bits per heavy atom. The van der Waals surface area contributed by atoms with Crippen molar-refractivity contribution in [1.29, 1.82) is 0 Å². The zero-order chi connectivity index (χ0) is 18.2. The van der Waals surface area contributed by atoms with E-state index in [2.05, 4.69) is 30.8 Å². The summed E-state index contributed by atoms with van der Waals surface area (Å²) in [6.45, 7) is 3.55. The van der Waals surface area contributed by atoms with Crippen LogP contribution >= 0.6 is 7.14 Å². The van der Waals surface area contributed by atoms with Crippen LogP contribution < -0.4 is 10.6 Å². The maximum atomic E-state index is 13.9. The molecule has 0 spiro atoms. The van der Waals surface area contributed by atoms with E-state index in [0.29, 0.717) is 6.54 Å². The Hall–Kier alpha value is -2.75. The Balaban J connectivity index is 1.97. The summed E-state index contributed by atoms with van der Waals surface area (Å²) < 4.78 is 13.9. The molecule has 0 saturated heterocycles. The average Bonchev–Trinajstić information content (AvgIpc) is 2.73. The second kappa shape index (κ2) is 8.56. The summed E-state index contributed by atoms with van der Waals surface area (Å²) in [6, 6.07) is 32.5. The molecule has 0 radical (unpaired) electrons. The Kier molecular flexibility index (Phi) is 5.95. The molecule has 0 saturated carbocycles. The van der Waals surface area contributed by atoms with E-state index in [1.54, 1.807) is 0 Å². The minimum Gasteiger partial charge on any atom is -0.328 e. The van der Waals surface area contributed by atoms with Gasteiger partial charge in [0, 0.05) is 23.2 Å². The molecule has 3 aromatic rings. The van der Waals surface area contributed by atoms with Crippen LogP contribution in [0.5, 0.6) is 0 Å². The third kappa shape index (κ3) is 4.26. The van der Waals surface area contributed by atoms with Crippen LogP contribution in [0.4, 0.5) is 0 Å². The Bertz CT molecular complexity index is 884. The number of rotatable bonds is 5. The van der Waals surface area contributed by atoms with Gasteiger partial charge in [-0.1, -0.05) is 91.0 Å². The van der Waals surface area contributed by atoms with Gasteiger partial charge in [-0.2, -0.15) is 0 Å². The van der Waals surface area contributed by atoms with Crippen LogP contribution in [0.1, 0.15) is 12.5 Å². The number of benzene rings is 3. The van der Waals surface area contributed by atoms with E-state index in [4.69, 9.17) is 0 Å². The normalized spacial score (nSPS) is 10.7. The van der Waals surface area contributed by atoms with E-state index in [1.165, 1.54) is 5.56 Å². The highest BCUT2D eigenvalue weighted by atomic mass is 31.2. The maximum Gasteiger partial charge on any atom is 0.212 e. The van der Waals surface area contributed by atoms with Crippen LogP contribution in [0, 0.1) is 11.7 Å². The monoisotopic (exact) mass is 359 g/mol. The lowest BCUT2D eigenvalue weighted by molar-refractivity contribution is 0.414. The summed E-state index contributed by atoms with van der Waals surface area (Å²) in [5, 5.41) is 1.55. The number of nitrogens with zero attached hydrogens (tertiary/aromatic N) is 1. The molecule has 0 atom stereocenters. The quantitative estimate of drug-likeness (QED) is 0.381. The van der Waals surface area contributed by atoms with E-state index in [0.717, 1.165) is 17.2 Å². The van der Waals surface area contributed by atoms with Gasteiger partial charge in [0.2, 0.25) is 7.14 Å². The van der Waals surface area contributed by atoms with Crippen molar-refractivity contribution < 1.29 is 4.57 Å². The molecule has 2 nitrogen and oxygen atoms in total. The van der Waals surface area contributed by atoms with Gasteiger partial charge in [-0.3, -0.25) is 4.57 Å². The van der Waals surface area contributed by atoms with Gasteiger partial charge in [-0.05, 0) is 18.1 Å². The predicted octanol–water partition coefficient (Wildman–Crippen LogP) is 4.44. The number of hydrogen-bond acceptors (Lipinski definition) is 2. The molecule has 0 N–H and O–H groups in total. The van der Waals surface area contributed by atoms with Crippen LogP contribution in [-0.2, 0) is 11.1 Å². The summed E-state index contributed by atoms with van der Waals surface area (Å²) >= 11 is 0. The van der Waals surface area contributed by atoms with Crippen molar-refractivity contribution >= 4 is 17.8 Å². The van der Waals surface area contributed by atoms with Gasteiger partial charge in [0.25, 0.3) is 0 Å². The lowest BCUT2D eigenvalue weighted by Gasteiger charge is -2.17. The first kappa shape index (κ1) is 18.1. The van der Waals surface area contributed by atoms with E-state index < -0.39 is 7.14 Å². The van der Waals surface area contributed by atoms with Crippen molar-refractivity contribution in [3.8, 4) is 11.7 Å². The molecule has 0 heterocycles. The molecule has 0 bridgehead atoms. The standard InChI is InChI=1S/C23H22NOP/c1-2-24(20-21-12-6-3-7-13-21)18-19-26(25,22-14-8-4-9-15-22)23-16-10-5-11-17-23/h3-17H,2,20H2,1H3. The third-order valence-electron chi connectivity index (χ3n) is 4.20. The SMILES string of the molecule is CCN(C#CP(=O)(c1ccccc1)c1ccccc1)Cc1ccccc1. The summed E-state index contributed by atoms with van der Waals surface area (Å²) in [4.78, 5) is 2.01. The zero-order valence-corrected chi connectivity index (χ0v) is 15.8. The highest BCUT2D eigenvalue weighted by Crippen LogP contribution is 2.41. The topological polar surface area (TPSA) is 20.3 Å². The van der Waals surface area contributed by atoms with Crippen molar-refractivity contribution in [1.82, 2.24) is 4.90 Å². The smallest absolute Gasteiger partial charge is 0.212 e. The first-order valence-corrected chi connectivity index (χ1v) is 10.5. The molecule has 0 aromatic heterocycles. The number of hydrogen-bond donors (Lipinski definition) is 0. The molecule has 0 aliphatic rings. The summed E-state index contributed by atoms with van der Waals surface area (Å²) in [5.74, 6) is 0. The van der Waals surface area contributed by atoms with E-state index >= 15 is 0 Å². The minimum absolute atomic E-state index is 0.716. The molecule has 3 rings (SSSR count). The molecule has 130 valence electrons. The molecular formula is C23H22NOP. The Labute approximate surface area is 155 Å². The van der Waals surface area contributed by atoms with Gasteiger partial charge < -0.3 is 4.90 Å². The van der Waals surface area contributed by atoms with Crippen molar-refractivity contribution in [2.45, 2.75) is 13.5 Å². The average molecular weight is 359 g/mol.